The van der Waals surface area contributed by atoms with E-state index in [-0.39, 0.29) is 10.7 Å². The molecule has 0 fully saturated rings. The summed E-state index contributed by atoms with van der Waals surface area (Å²) in [5.41, 5.74) is -1.28. The number of hydrogen-bond acceptors (Lipinski definition) is 5. The van der Waals surface area contributed by atoms with E-state index in [2.05, 4.69) is 10.1 Å². The van der Waals surface area contributed by atoms with Crippen LogP contribution in [0, 0.1) is 18.6 Å². The highest BCUT2D eigenvalue weighted by Crippen LogP contribution is 2.35. The minimum atomic E-state index is -4.80. The van der Waals surface area contributed by atoms with Gasteiger partial charge in [-0.05, 0) is 13.0 Å². The molecule has 0 spiro atoms. The van der Waals surface area contributed by atoms with Crippen molar-refractivity contribution < 1.29 is 30.4 Å². The fourth-order valence-electron chi connectivity index (χ4n) is 2.36. The van der Waals surface area contributed by atoms with E-state index >= 15 is 0 Å². The van der Waals surface area contributed by atoms with Gasteiger partial charge in [0.05, 0.1) is 5.69 Å². The number of sulfone groups is 1. The van der Waals surface area contributed by atoms with Crippen molar-refractivity contribution in [2.24, 2.45) is 0 Å². The maximum atomic E-state index is 14.2. The topological polar surface area (TPSA) is 64.8 Å². The van der Waals surface area contributed by atoms with Gasteiger partial charge in [0.25, 0.3) is 0 Å². The minimum Gasteiger partial charge on any atom is -0.240 e. The normalized spacial score (nSPS) is 12.6. The van der Waals surface area contributed by atoms with Crippen LogP contribution in [-0.2, 0) is 16.0 Å². The summed E-state index contributed by atoms with van der Waals surface area (Å²) in [6, 6.07) is 1.92. The van der Waals surface area contributed by atoms with Crippen LogP contribution in [0.5, 0.6) is 0 Å². The SMILES string of the molecule is Cc1csc(-c2cc(C(F)(F)F)nn2-c2cc(F)c(S(C)(=O)=O)c(F)c2)n1. The third-order valence-corrected chi connectivity index (χ3v) is 5.55. The number of benzene rings is 1. The predicted octanol–water partition coefficient (Wildman–Crippen LogP) is 4.00. The minimum absolute atomic E-state index is 0.133. The number of aromatic nitrogens is 3. The number of rotatable bonds is 3. The molecular formula is C15H10F5N3O2S2. The summed E-state index contributed by atoms with van der Waals surface area (Å²) < 4.78 is 91.2. The Morgan fingerprint density at radius 1 is 1.11 bits per heavy atom. The standard InChI is InChI=1S/C15H10F5N3O2S2/c1-7-6-26-14(21-7)11-5-12(15(18,19)20)22-23(11)8-3-9(16)13(10(17)4-8)27(2,24)25/h3-6H,1-2H3. The van der Waals surface area contributed by atoms with Gasteiger partial charge in [0.1, 0.15) is 27.2 Å². The first-order valence-corrected chi connectivity index (χ1v) is 9.94. The molecule has 3 rings (SSSR count). The molecular weight excluding hydrogens is 413 g/mol. The van der Waals surface area contributed by atoms with Crippen molar-refractivity contribution in [3.63, 3.8) is 0 Å². The molecule has 2 aromatic heterocycles. The van der Waals surface area contributed by atoms with Gasteiger partial charge in [-0.2, -0.15) is 18.3 Å². The molecule has 0 atom stereocenters. The summed E-state index contributed by atoms with van der Waals surface area (Å²) in [6.45, 7) is 1.63. The van der Waals surface area contributed by atoms with E-state index in [4.69, 9.17) is 0 Å². The highest BCUT2D eigenvalue weighted by atomic mass is 32.2. The molecule has 12 heteroatoms. The van der Waals surface area contributed by atoms with Crippen molar-refractivity contribution in [1.82, 2.24) is 14.8 Å². The van der Waals surface area contributed by atoms with Crippen molar-refractivity contribution in [2.45, 2.75) is 18.0 Å². The summed E-state index contributed by atoms with van der Waals surface area (Å²) in [4.78, 5) is 2.91. The zero-order valence-corrected chi connectivity index (χ0v) is 15.3. The molecule has 0 radical (unpaired) electrons. The van der Waals surface area contributed by atoms with E-state index in [1.165, 1.54) is 0 Å². The Kier molecular flexibility index (Phi) is 4.58. The van der Waals surface area contributed by atoms with Crippen LogP contribution in [-0.4, -0.2) is 29.4 Å². The lowest BCUT2D eigenvalue weighted by Gasteiger charge is -2.09. The summed E-state index contributed by atoms with van der Waals surface area (Å²) in [5.74, 6) is -2.87. The van der Waals surface area contributed by atoms with Crippen molar-refractivity contribution in [3.8, 4) is 16.4 Å². The van der Waals surface area contributed by atoms with Crippen LogP contribution >= 0.6 is 11.3 Å². The van der Waals surface area contributed by atoms with Gasteiger partial charge in [-0.25, -0.2) is 26.9 Å². The first kappa shape index (κ1) is 19.4. The molecule has 0 aliphatic heterocycles. The zero-order chi connectivity index (χ0) is 20.1. The summed E-state index contributed by atoms with van der Waals surface area (Å²) in [7, 11) is -4.21. The summed E-state index contributed by atoms with van der Waals surface area (Å²) in [6.07, 6.45) is -4.18. The molecule has 0 N–H and O–H groups in total. The Hall–Kier alpha value is -2.34. The Labute approximate surface area is 154 Å². The average molecular weight is 423 g/mol. The molecule has 0 unspecified atom stereocenters. The van der Waals surface area contributed by atoms with Gasteiger partial charge in [-0.3, -0.25) is 0 Å². The predicted molar refractivity (Wildman–Crippen MR) is 87.4 cm³/mol. The zero-order valence-electron chi connectivity index (χ0n) is 13.7. The van der Waals surface area contributed by atoms with Crippen LogP contribution in [0.4, 0.5) is 22.0 Å². The number of aryl methyl sites for hydroxylation is 1. The van der Waals surface area contributed by atoms with Crippen LogP contribution < -0.4 is 0 Å². The molecule has 0 aliphatic rings. The lowest BCUT2D eigenvalue weighted by Crippen LogP contribution is -2.09. The third kappa shape index (κ3) is 3.72. The van der Waals surface area contributed by atoms with Crippen LogP contribution in [0.1, 0.15) is 11.4 Å². The number of hydrogen-bond donors (Lipinski definition) is 0. The molecule has 0 amide bonds. The van der Waals surface area contributed by atoms with Gasteiger partial charge >= 0.3 is 6.18 Å². The second-order valence-corrected chi connectivity index (χ2v) is 8.44. The quantitative estimate of drug-likeness (QED) is 0.598. The van der Waals surface area contributed by atoms with E-state index in [1.54, 1.807) is 12.3 Å². The third-order valence-electron chi connectivity index (χ3n) is 3.44. The number of halogens is 5. The van der Waals surface area contributed by atoms with Crippen LogP contribution in [0.2, 0.25) is 0 Å². The first-order valence-electron chi connectivity index (χ1n) is 7.17. The number of thiazole rings is 1. The molecule has 5 nitrogen and oxygen atoms in total. The second kappa shape index (κ2) is 6.37. The highest BCUT2D eigenvalue weighted by Gasteiger charge is 2.36. The van der Waals surface area contributed by atoms with Crippen molar-refractivity contribution >= 4 is 21.2 Å². The highest BCUT2D eigenvalue weighted by molar-refractivity contribution is 7.90. The maximum absolute atomic E-state index is 14.2. The average Bonchev–Trinajstić information content (AvgIpc) is 3.10. The van der Waals surface area contributed by atoms with Crippen LogP contribution in [0.25, 0.3) is 16.4 Å². The number of alkyl halides is 3. The summed E-state index contributed by atoms with van der Waals surface area (Å²) in [5, 5.41) is 5.13. The summed E-state index contributed by atoms with van der Waals surface area (Å²) >= 11 is 1.03. The van der Waals surface area contributed by atoms with Crippen LogP contribution in [0.3, 0.4) is 0 Å². The molecule has 0 saturated carbocycles. The van der Waals surface area contributed by atoms with E-state index < -0.39 is 43.9 Å². The molecule has 27 heavy (non-hydrogen) atoms. The van der Waals surface area contributed by atoms with E-state index in [0.29, 0.717) is 34.8 Å². The molecule has 144 valence electrons. The van der Waals surface area contributed by atoms with E-state index in [0.717, 1.165) is 11.3 Å². The molecule has 1 aromatic carbocycles. The van der Waals surface area contributed by atoms with Gasteiger partial charge in [0.2, 0.25) is 0 Å². The van der Waals surface area contributed by atoms with Gasteiger partial charge in [-0.1, -0.05) is 0 Å². The molecule has 2 heterocycles. The largest absolute Gasteiger partial charge is 0.435 e. The molecule has 3 aromatic rings. The fraction of sp³-hybridized carbons (Fsp3) is 0.200. The Morgan fingerprint density at radius 2 is 1.70 bits per heavy atom. The van der Waals surface area contributed by atoms with Gasteiger partial charge < -0.3 is 0 Å². The lowest BCUT2D eigenvalue weighted by atomic mass is 10.3. The number of nitrogens with zero attached hydrogens (tertiary/aromatic N) is 3. The monoisotopic (exact) mass is 423 g/mol. The first-order chi connectivity index (χ1) is 12.4. The van der Waals surface area contributed by atoms with Gasteiger partial charge in [0.15, 0.2) is 15.5 Å². The molecule has 0 aliphatic carbocycles. The van der Waals surface area contributed by atoms with Crippen molar-refractivity contribution in [3.05, 3.63) is 46.6 Å². The van der Waals surface area contributed by atoms with Crippen molar-refractivity contribution in [2.75, 3.05) is 6.26 Å². The van der Waals surface area contributed by atoms with E-state index in [1.807, 2.05) is 0 Å². The maximum Gasteiger partial charge on any atom is 0.435 e. The molecule has 0 bridgehead atoms. The fourth-order valence-corrected chi connectivity index (χ4v) is 3.99. The lowest BCUT2D eigenvalue weighted by molar-refractivity contribution is -0.141. The smallest absolute Gasteiger partial charge is 0.240 e. The Bertz CT molecular complexity index is 1110. The molecule has 0 saturated heterocycles. The van der Waals surface area contributed by atoms with Gasteiger partial charge in [-0.15, -0.1) is 11.3 Å². The Balaban J connectivity index is 2.27. The van der Waals surface area contributed by atoms with E-state index in [9.17, 15) is 30.4 Å². The van der Waals surface area contributed by atoms with Gasteiger partial charge in [0, 0.05) is 29.5 Å². The van der Waals surface area contributed by atoms with Crippen molar-refractivity contribution in [1.29, 1.82) is 0 Å². The second-order valence-electron chi connectivity index (χ2n) is 5.63. The van der Waals surface area contributed by atoms with Crippen LogP contribution in [0.15, 0.2) is 28.5 Å². The Morgan fingerprint density at radius 3 is 2.15 bits per heavy atom.